The van der Waals surface area contributed by atoms with Gasteiger partial charge in [-0.25, -0.2) is 4.98 Å². The van der Waals surface area contributed by atoms with Gasteiger partial charge in [-0.05, 0) is 66.2 Å². The van der Waals surface area contributed by atoms with Gasteiger partial charge in [0.1, 0.15) is 11.4 Å². The average molecular weight is 777 g/mol. The van der Waals surface area contributed by atoms with E-state index in [1.54, 1.807) is 36.7 Å². The number of ether oxygens (including phenoxy) is 1. The second kappa shape index (κ2) is 15.2. The van der Waals surface area contributed by atoms with Crippen molar-refractivity contribution in [2.24, 2.45) is 7.05 Å². The van der Waals surface area contributed by atoms with E-state index >= 15 is 0 Å². The van der Waals surface area contributed by atoms with Crippen LogP contribution in [0.15, 0.2) is 85.3 Å². The minimum atomic E-state index is -0.333. The van der Waals surface area contributed by atoms with Crippen molar-refractivity contribution in [1.82, 2.24) is 24.3 Å². The number of carbonyl (C=O) groups is 2. The van der Waals surface area contributed by atoms with Gasteiger partial charge in [0.25, 0.3) is 11.8 Å². The van der Waals surface area contributed by atoms with Gasteiger partial charge in [-0.1, -0.05) is 23.2 Å². The van der Waals surface area contributed by atoms with Crippen molar-refractivity contribution in [3.05, 3.63) is 112 Å². The van der Waals surface area contributed by atoms with Gasteiger partial charge >= 0.3 is 0 Å². The number of amides is 2. The molecule has 2 aromatic carbocycles. The number of pyridine rings is 2. The second-order valence-corrected chi connectivity index (χ2v) is 11.1. The Labute approximate surface area is 291 Å². The van der Waals surface area contributed by atoms with E-state index in [0.717, 1.165) is 30.5 Å². The molecule has 1 aliphatic rings. The van der Waals surface area contributed by atoms with Gasteiger partial charge in [0.05, 0.1) is 21.9 Å². The summed E-state index contributed by atoms with van der Waals surface area (Å²) in [6.07, 6.45) is 5.13. The number of anilines is 1. The third-order valence-electron chi connectivity index (χ3n) is 7.45. The first-order chi connectivity index (χ1) is 20.8. The van der Waals surface area contributed by atoms with E-state index in [-0.39, 0.29) is 45.8 Å². The predicted molar refractivity (Wildman–Crippen MR) is 188 cm³/mol. The Morgan fingerprint density at radius 2 is 1.64 bits per heavy atom. The largest absolute Gasteiger partial charge is 0.439 e. The van der Waals surface area contributed by atoms with E-state index in [9.17, 15) is 9.59 Å². The van der Waals surface area contributed by atoms with Crippen molar-refractivity contribution in [1.29, 1.82) is 0 Å². The lowest BCUT2D eigenvalue weighted by atomic mass is 10.2. The first-order valence-corrected chi connectivity index (χ1v) is 14.5. The number of nitrogens with zero attached hydrogens (tertiary/aromatic N) is 5. The first-order valence-electron chi connectivity index (χ1n) is 13.7. The number of hydrogen-bond donors (Lipinski definition) is 1. The highest BCUT2D eigenvalue weighted by Gasteiger charge is 2.25. The number of carbonyl (C=O) groups excluding carboxylic acids is 2. The van der Waals surface area contributed by atoms with Crippen LogP contribution in [0.1, 0.15) is 26.4 Å². The molecule has 0 unspecified atom stereocenters. The van der Waals surface area contributed by atoms with Crippen LogP contribution in [0.3, 0.4) is 0 Å². The Hall–Kier alpha value is -3.48. The Morgan fingerprint density at radius 3 is 2.33 bits per heavy atom. The minimum Gasteiger partial charge on any atom is -0.439 e. The molecule has 4 heterocycles. The maximum Gasteiger partial charge on any atom is 0.270 e. The van der Waals surface area contributed by atoms with Gasteiger partial charge in [0.15, 0.2) is 0 Å². The number of benzene rings is 2. The van der Waals surface area contributed by atoms with Crippen molar-refractivity contribution in [2.45, 2.75) is 6.54 Å². The standard InChI is InChI=1S/C32H28Cl2N6O3.2BrH/c1-38-28-6-4-25(43-30-7-3-24(19-36-30)37-31(41)22-2-5-26(33)27(34)17-22)16-23(28)18-29(38)32(42)40-14-12-39(13-15-40)20-21-8-10-35-11-9-21;;/h2-11,16-19H,12-15,20H2,1H3,(H,37,41);2*1H. The molecular formula is C32H30Br2Cl2N6O3. The maximum absolute atomic E-state index is 13.5. The summed E-state index contributed by atoms with van der Waals surface area (Å²) in [7, 11) is 1.91. The summed E-state index contributed by atoms with van der Waals surface area (Å²) < 4.78 is 7.90. The molecule has 9 nitrogen and oxygen atoms in total. The third kappa shape index (κ3) is 8.03. The minimum absolute atomic E-state index is 0. The lowest BCUT2D eigenvalue weighted by molar-refractivity contribution is 0.0619. The topological polar surface area (TPSA) is 92.6 Å². The molecule has 3 aromatic heterocycles. The summed E-state index contributed by atoms with van der Waals surface area (Å²) in [5.41, 5.74) is 3.67. The monoisotopic (exact) mass is 774 g/mol. The molecule has 0 atom stereocenters. The summed E-state index contributed by atoms with van der Waals surface area (Å²) >= 11 is 12.0. The Balaban J connectivity index is 0.00000230. The zero-order valence-corrected chi connectivity index (χ0v) is 29.1. The number of nitrogens with one attached hydrogen (secondary N) is 1. The number of halogens is 4. The van der Waals surface area contributed by atoms with E-state index in [2.05, 4.69) is 20.2 Å². The fourth-order valence-electron chi connectivity index (χ4n) is 5.09. The van der Waals surface area contributed by atoms with Crippen LogP contribution in [0.5, 0.6) is 11.6 Å². The summed E-state index contributed by atoms with van der Waals surface area (Å²) in [4.78, 5) is 38.7. The zero-order valence-electron chi connectivity index (χ0n) is 24.2. The van der Waals surface area contributed by atoms with Crippen LogP contribution in [-0.4, -0.2) is 62.3 Å². The summed E-state index contributed by atoms with van der Waals surface area (Å²) in [5.74, 6) is 0.635. The van der Waals surface area contributed by atoms with E-state index < -0.39 is 0 Å². The second-order valence-electron chi connectivity index (χ2n) is 10.3. The van der Waals surface area contributed by atoms with Crippen molar-refractivity contribution in [3.63, 3.8) is 0 Å². The number of aromatic nitrogens is 3. The van der Waals surface area contributed by atoms with Crippen LogP contribution in [0.2, 0.25) is 10.0 Å². The molecular weight excluding hydrogens is 747 g/mol. The van der Waals surface area contributed by atoms with Gasteiger partial charge in [-0.3, -0.25) is 19.5 Å². The zero-order chi connectivity index (χ0) is 29.9. The molecule has 0 radical (unpaired) electrons. The summed E-state index contributed by atoms with van der Waals surface area (Å²) in [5, 5.41) is 4.35. The molecule has 0 saturated carbocycles. The predicted octanol–water partition coefficient (Wildman–Crippen LogP) is 7.43. The average Bonchev–Trinajstić information content (AvgIpc) is 3.35. The highest BCUT2D eigenvalue weighted by molar-refractivity contribution is 8.93. The van der Waals surface area contributed by atoms with Crippen LogP contribution < -0.4 is 10.1 Å². The number of rotatable bonds is 7. The quantitative estimate of drug-likeness (QED) is 0.185. The Bertz CT molecular complexity index is 1800. The number of fused-ring (bicyclic) bond motifs is 1. The van der Waals surface area contributed by atoms with Gasteiger partial charge in [-0.15, -0.1) is 34.0 Å². The van der Waals surface area contributed by atoms with E-state index in [1.807, 2.05) is 52.9 Å². The van der Waals surface area contributed by atoms with Crippen LogP contribution >= 0.6 is 57.2 Å². The molecule has 5 aromatic rings. The molecule has 0 bridgehead atoms. The number of aryl methyl sites for hydroxylation is 1. The van der Waals surface area contributed by atoms with Gasteiger partial charge in [0, 0.05) is 74.7 Å². The highest BCUT2D eigenvalue weighted by atomic mass is 79.9. The molecule has 234 valence electrons. The van der Waals surface area contributed by atoms with Crippen LogP contribution in [-0.2, 0) is 13.6 Å². The highest BCUT2D eigenvalue weighted by Crippen LogP contribution is 2.28. The van der Waals surface area contributed by atoms with Crippen molar-refractivity contribution >= 4 is 85.6 Å². The molecule has 1 N–H and O–H groups in total. The maximum atomic E-state index is 13.5. The summed E-state index contributed by atoms with van der Waals surface area (Å²) in [6.45, 7) is 3.85. The smallest absolute Gasteiger partial charge is 0.270 e. The molecule has 1 aliphatic heterocycles. The molecule has 0 spiro atoms. The molecule has 0 aliphatic carbocycles. The molecule has 2 amide bonds. The van der Waals surface area contributed by atoms with Crippen LogP contribution in [0.25, 0.3) is 10.9 Å². The molecule has 13 heteroatoms. The Morgan fingerprint density at radius 1 is 0.889 bits per heavy atom. The lowest BCUT2D eigenvalue weighted by Crippen LogP contribution is -2.48. The Kier molecular flexibility index (Phi) is 11.6. The van der Waals surface area contributed by atoms with Crippen LogP contribution in [0.4, 0.5) is 5.69 Å². The lowest BCUT2D eigenvalue weighted by Gasteiger charge is -2.34. The molecule has 1 fully saturated rings. The fourth-order valence-corrected chi connectivity index (χ4v) is 5.39. The number of hydrogen-bond acceptors (Lipinski definition) is 6. The normalized spacial score (nSPS) is 13.1. The SMILES string of the molecule is Br.Br.Cn1c(C(=O)N2CCN(Cc3ccncc3)CC2)cc2cc(Oc3ccc(NC(=O)c4ccc(Cl)c(Cl)c4)cn3)ccc21. The molecule has 45 heavy (non-hydrogen) atoms. The third-order valence-corrected chi connectivity index (χ3v) is 8.19. The van der Waals surface area contributed by atoms with Gasteiger partial charge in [-0.2, -0.15) is 0 Å². The van der Waals surface area contributed by atoms with Crippen molar-refractivity contribution in [3.8, 4) is 11.6 Å². The fraction of sp³-hybridized carbons (Fsp3) is 0.188. The van der Waals surface area contributed by atoms with Crippen molar-refractivity contribution in [2.75, 3.05) is 31.5 Å². The summed E-state index contributed by atoms with van der Waals surface area (Å²) in [6, 6.07) is 19.7. The van der Waals surface area contributed by atoms with E-state index in [0.29, 0.717) is 51.7 Å². The van der Waals surface area contributed by atoms with Gasteiger partial charge < -0.3 is 19.5 Å². The van der Waals surface area contributed by atoms with E-state index in [1.165, 1.54) is 17.8 Å². The molecule has 6 rings (SSSR count). The van der Waals surface area contributed by atoms with Gasteiger partial charge in [0.2, 0.25) is 5.88 Å². The van der Waals surface area contributed by atoms with E-state index in [4.69, 9.17) is 27.9 Å². The molecule has 1 saturated heterocycles. The number of piperazine rings is 1. The van der Waals surface area contributed by atoms with Crippen LogP contribution in [0, 0.1) is 0 Å². The first kappa shape index (κ1) is 34.4. The van der Waals surface area contributed by atoms with Crippen molar-refractivity contribution < 1.29 is 14.3 Å².